The summed E-state index contributed by atoms with van der Waals surface area (Å²) >= 11 is 1.44. The van der Waals surface area contributed by atoms with Gasteiger partial charge in [0.25, 0.3) is 0 Å². The van der Waals surface area contributed by atoms with Crippen LogP contribution >= 0.6 is 11.8 Å². The van der Waals surface area contributed by atoms with E-state index in [1.54, 1.807) is 7.11 Å². The molecule has 1 aliphatic rings. The molecule has 2 N–H and O–H groups in total. The third kappa shape index (κ3) is 5.47. The average molecular weight is 433 g/mol. The zero-order valence-electron chi connectivity index (χ0n) is 17.2. The van der Waals surface area contributed by atoms with Gasteiger partial charge in [-0.1, -0.05) is 48.5 Å². The summed E-state index contributed by atoms with van der Waals surface area (Å²) in [4.78, 5) is 26.3. The molecule has 1 atom stereocenters. The zero-order valence-corrected chi connectivity index (χ0v) is 18.0. The Hall–Kier alpha value is -3.25. The number of rotatable bonds is 8. The first-order chi connectivity index (χ1) is 15.1. The Kier molecular flexibility index (Phi) is 6.57. The Morgan fingerprint density at radius 2 is 1.68 bits per heavy atom. The van der Waals surface area contributed by atoms with Gasteiger partial charge in [0.15, 0.2) is 0 Å². The molecular formula is C25H24N2O3S. The quantitative estimate of drug-likeness (QED) is 0.460. The number of ether oxygens (including phenoxy) is 1. The minimum atomic E-state index is -0.472. The van der Waals surface area contributed by atoms with Crippen LogP contribution in [0.3, 0.4) is 0 Å². The highest BCUT2D eigenvalue weighted by Gasteiger charge is 2.29. The summed E-state index contributed by atoms with van der Waals surface area (Å²) in [5.41, 5.74) is 2.27. The van der Waals surface area contributed by atoms with E-state index in [1.165, 1.54) is 11.8 Å². The van der Waals surface area contributed by atoms with Gasteiger partial charge in [0.05, 0.1) is 12.8 Å². The molecule has 2 amide bonds. The Balaban J connectivity index is 1.56. The number of hydrogen-bond acceptors (Lipinski definition) is 4. The van der Waals surface area contributed by atoms with Gasteiger partial charge in [0, 0.05) is 16.5 Å². The van der Waals surface area contributed by atoms with Crippen LogP contribution in [-0.4, -0.2) is 18.9 Å². The molecule has 0 aliphatic heterocycles. The summed E-state index contributed by atoms with van der Waals surface area (Å²) in [5.74, 6) is 0.668. The molecule has 0 radical (unpaired) electrons. The fourth-order valence-corrected chi connectivity index (χ4v) is 4.30. The standard InChI is InChI=1S/C25H24N2O3S/c1-30-22-13-6-5-12-21(22)27-25(29)23(17-8-3-2-4-9-17)31-20-11-7-10-19(16-20)26-24(28)18-14-15-18/h2-13,16,18,23H,14-15H2,1H3,(H,26,28)(H,27,29). The SMILES string of the molecule is COc1ccccc1NC(=O)C(Sc1cccc(NC(=O)C2CC2)c1)c1ccccc1. The maximum Gasteiger partial charge on any atom is 0.242 e. The molecule has 1 unspecified atom stereocenters. The number of anilines is 2. The summed E-state index contributed by atoms with van der Waals surface area (Å²) in [7, 11) is 1.58. The fraction of sp³-hybridized carbons (Fsp3) is 0.200. The molecule has 5 nitrogen and oxygen atoms in total. The van der Waals surface area contributed by atoms with Crippen molar-refractivity contribution in [3.05, 3.63) is 84.4 Å². The van der Waals surface area contributed by atoms with Gasteiger partial charge < -0.3 is 15.4 Å². The lowest BCUT2D eigenvalue weighted by atomic mass is 10.1. The van der Waals surface area contributed by atoms with E-state index in [0.717, 1.165) is 29.0 Å². The number of benzene rings is 3. The van der Waals surface area contributed by atoms with Crippen molar-refractivity contribution in [3.63, 3.8) is 0 Å². The second kappa shape index (κ2) is 9.71. The van der Waals surface area contributed by atoms with E-state index < -0.39 is 5.25 Å². The van der Waals surface area contributed by atoms with Crippen LogP contribution in [0.1, 0.15) is 23.7 Å². The highest BCUT2D eigenvalue weighted by atomic mass is 32.2. The van der Waals surface area contributed by atoms with Gasteiger partial charge in [-0.05, 0) is 48.7 Å². The maximum atomic E-state index is 13.3. The highest BCUT2D eigenvalue weighted by Crippen LogP contribution is 2.38. The first-order valence-electron chi connectivity index (χ1n) is 10.2. The predicted molar refractivity (Wildman–Crippen MR) is 124 cm³/mol. The summed E-state index contributed by atoms with van der Waals surface area (Å²) in [6.45, 7) is 0. The van der Waals surface area contributed by atoms with Gasteiger partial charge in [-0.15, -0.1) is 11.8 Å². The normalized spacial score (nSPS) is 13.8. The molecule has 0 spiro atoms. The van der Waals surface area contributed by atoms with Crippen LogP contribution in [-0.2, 0) is 9.59 Å². The molecule has 1 saturated carbocycles. The number of carbonyl (C=O) groups excluding carboxylic acids is 2. The molecule has 3 aromatic rings. The lowest BCUT2D eigenvalue weighted by molar-refractivity contribution is -0.117. The Bertz CT molecular complexity index is 1070. The third-order valence-corrected chi connectivity index (χ3v) is 6.26. The molecule has 4 rings (SSSR count). The second-order valence-corrected chi connectivity index (χ2v) is 8.57. The molecule has 6 heteroatoms. The number of nitrogens with one attached hydrogen (secondary N) is 2. The molecule has 0 bridgehead atoms. The van der Waals surface area contributed by atoms with Crippen LogP contribution in [0, 0.1) is 5.92 Å². The first kappa shape index (κ1) is 21.0. The van der Waals surface area contributed by atoms with E-state index in [-0.39, 0.29) is 17.7 Å². The van der Waals surface area contributed by atoms with Crippen LogP contribution in [0.5, 0.6) is 5.75 Å². The van der Waals surface area contributed by atoms with E-state index in [1.807, 2.05) is 78.9 Å². The predicted octanol–water partition coefficient (Wildman–Crippen LogP) is 5.52. The van der Waals surface area contributed by atoms with E-state index in [4.69, 9.17) is 4.74 Å². The number of thioether (sulfide) groups is 1. The summed E-state index contributed by atoms with van der Waals surface area (Å²) in [6, 6.07) is 24.6. The molecule has 158 valence electrons. The van der Waals surface area contributed by atoms with E-state index in [0.29, 0.717) is 11.4 Å². The Morgan fingerprint density at radius 3 is 2.42 bits per heavy atom. The Morgan fingerprint density at radius 1 is 0.935 bits per heavy atom. The number of methoxy groups -OCH3 is 1. The molecule has 0 saturated heterocycles. The van der Waals surface area contributed by atoms with Crippen molar-refractivity contribution in [2.45, 2.75) is 23.0 Å². The van der Waals surface area contributed by atoms with Crippen LogP contribution < -0.4 is 15.4 Å². The summed E-state index contributed by atoms with van der Waals surface area (Å²) in [6.07, 6.45) is 1.92. The van der Waals surface area contributed by atoms with Crippen molar-refractivity contribution >= 4 is 35.0 Å². The van der Waals surface area contributed by atoms with E-state index in [2.05, 4.69) is 10.6 Å². The lowest BCUT2D eigenvalue weighted by Gasteiger charge is -2.18. The van der Waals surface area contributed by atoms with Gasteiger partial charge in [-0.25, -0.2) is 0 Å². The third-order valence-electron chi connectivity index (χ3n) is 5.01. The Labute approximate surface area is 186 Å². The van der Waals surface area contributed by atoms with Crippen LogP contribution in [0.4, 0.5) is 11.4 Å². The lowest BCUT2D eigenvalue weighted by Crippen LogP contribution is -2.19. The maximum absolute atomic E-state index is 13.3. The van der Waals surface area contributed by atoms with E-state index >= 15 is 0 Å². The van der Waals surface area contributed by atoms with Gasteiger partial charge in [-0.2, -0.15) is 0 Å². The number of para-hydroxylation sites is 2. The van der Waals surface area contributed by atoms with Crippen LogP contribution in [0.25, 0.3) is 0 Å². The number of hydrogen-bond donors (Lipinski definition) is 2. The fourth-order valence-electron chi connectivity index (χ4n) is 3.22. The second-order valence-electron chi connectivity index (χ2n) is 7.39. The molecule has 1 aliphatic carbocycles. The number of carbonyl (C=O) groups is 2. The molecule has 31 heavy (non-hydrogen) atoms. The minimum Gasteiger partial charge on any atom is -0.495 e. The van der Waals surface area contributed by atoms with Gasteiger partial charge in [0.1, 0.15) is 11.0 Å². The first-order valence-corrected chi connectivity index (χ1v) is 11.1. The minimum absolute atomic E-state index is 0.0654. The molecular weight excluding hydrogens is 408 g/mol. The molecule has 0 heterocycles. The van der Waals surface area contributed by atoms with Crippen molar-refractivity contribution in [1.82, 2.24) is 0 Å². The van der Waals surface area contributed by atoms with Crippen LogP contribution in [0.15, 0.2) is 83.8 Å². The molecule has 0 aromatic heterocycles. The molecule has 3 aromatic carbocycles. The zero-order chi connectivity index (χ0) is 21.6. The van der Waals surface area contributed by atoms with Gasteiger partial charge in [0.2, 0.25) is 11.8 Å². The van der Waals surface area contributed by atoms with E-state index in [9.17, 15) is 9.59 Å². The van der Waals surface area contributed by atoms with Crippen molar-refractivity contribution in [3.8, 4) is 5.75 Å². The van der Waals surface area contributed by atoms with Crippen molar-refractivity contribution in [1.29, 1.82) is 0 Å². The van der Waals surface area contributed by atoms with Crippen LogP contribution in [0.2, 0.25) is 0 Å². The monoisotopic (exact) mass is 432 g/mol. The van der Waals surface area contributed by atoms with Gasteiger partial charge >= 0.3 is 0 Å². The van der Waals surface area contributed by atoms with Gasteiger partial charge in [-0.3, -0.25) is 9.59 Å². The largest absolute Gasteiger partial charge is 0.495 e. The highest BCUT2D eigenvalue weighted by molar-refractivity contribution is 8.00. The van der Waals surface area contributed by atoms with Crippen molar-refractivity contribution in [2.75, 3.05) is 17.7 Å². The summed E-state index contributed by atoms with van der Waals surface area (Å²) < 4.78 is 5.37. The van der Waals surface area contributed by atoms with Crippen molar-refractivity contribution < 1.29 is 14.3 Å². The smallest absolute Gasteiger partial charge is 0.242 e. The molecule has 1 fully saturated rings. The number of amides is 2. The summed E-state index contributed by atoms with van der Waals surface area (Å²) in [5, 5.41) is 5.50. The topological polar surface area (TPSA) is 67.4 Å². The van der Waals surface area contributed by atoms with Crippen molar-refractivity contribution in [2.24, 2.45) is 5.92 Å². The average Bonchev–Trinajstić information content (AvgIpc) is 3.64.